The molecule has 20 heavy (non-hydrogen) atoms. The molecule has 0 aliphatic rings. The molecule has 0 aliphatic carbocycles. The Balaban J connectivity index is 2.18. The summed E-state index contributed by atoms with van der Waals surface area (Å²) in [6, 6.07) is 7.82. The minimum absolute atomic E-state index is 0.0352. The Bertz CT molecular complexity index is 833. The summed E-state index contributed by atoms with van der Waals surface area (Å²) in [7, 11) is 0. The molecule has 0 atom stereocenters. The first-order valence-electron chi connectivity index (χ1n) is 5.84. The van der Waals surface area contributed by atoms with Crippen molar-refractivity contribution in [3.63, 3.8) is 0 Å². The van der Waals surface area contributed by atoms with Crippen molar-refractivity contribution in [2.45, 2.75) is 6.54 Å². The van der Waals surface area contributed by atoms with Crippen molar-refractivity contribution in [1.82, 2.24) is 14.8 Å². The number of nitriles is 1. The lowest BCUT2D eigenvalue weighted by Crippen LogP contribution is -2.05. The summed E-state index contributed by atoms with van der Waals surface area (Å²) in [5.74, 6) is -0.989. The SMILES string of the molecule is N#Cc1nn(Cc2ccncc2F)c2c(F)cccc12. The topological polar surface area (TPSA) is 54.5 Å². The number of aromatic nitrogens is 3. The van der Waals surface area contributed by atoms with Crippen molar-refractivity contribution in [3.8, 4) is 6.07 Å². The maximum absolute atomic E-state index is 13.9. The molecular formula is C14H8F2N4. The molecule has 0 spiro atoms. The number of fused-ring (bicyclic) bond motifs is 1. The molecule has 0 radical (unpaired) electrons. The summed E-state index contributed by atoms with van der Waals surface area (Å²) >= 11 is 0. The van der Waals surface area contributed by atoms with Crippen LogP contribution in [0.4, 0.5) is 8.78 Å². The quantitative estimate of drug-likeness (QED) is 0.719. The Morgan fingerprint density at radius 1 is 1.20 bits per heavy atom. The van der Waals surface area contributed by atoms with Gasteiger partial charge < -0.3 is 0 Å². The average molecular weight is 270 g/mol. The number of nitrogens with zero attached hydrogens (tertiary/aromatic N) is 4. The van der Waals surface area contributed by atoms with E-state index >= 15 is 0 Å². The summed E-state index contributed by atoms with van der Waals surface area (Å²) in [5.41, 5.74) is 0.645. The largest absolute Gasteiger partial charge is 0.262 e. The van der Waals surface area contributed by atoms with Crippen LogP contribution in [0, 0.1) is 23.0 Å². The Morgan fingerprint density at radius 3 is 2.80 bits per heavy atom. The molecule has 0 saturated carbocycles. The summed E-state index contributed by atoms with van der Waals surface area (Å²) in [6.45, 7) is 0.0352. The lowest BCUT2D eigenvalue weighted by atomic mass is 10.2. The highest BCUT2D eigenvalue weighted by atomic mass is 19.1. The van der Waals surface area contributed by atoms with Crippen LogP contribution < -0.4 is 0 Å². The normalized spacial score (nSPS) is 10.7. The van der Waals surface area contributed by atoms with Gasteiger partial charge in [-0.3, -0.25) is 9.67 Å². The van der Waals surface area contributed by atoms with Crippen LogP contribution in [0.15, 0.2) is 36.7 Å². The van der Waals surface area contributed by atoms with Gasteiger partial charge in [0.1, 0.15) is 23.2 Å². The zero-order valence-corrected chi connectivity index (χ0v) is 10.2. The van der Waals surface area contributed by atoms with Gasteiger partial charge >= 0.3 is 0 Å². The predicted molar refractivity (Wildman–Crippen MR) is 67.7 cm³/mol. The Morgan fingerprint density at radius 2 is 2.05 bits per heavy atom. The second kappa shape index (κ2) is 4.70. The lowest BCUT2D eigenvalue weighted by Gasteiger charge is -2.05. The number of hydrogen-bond donors (Lipinski definition) is 0. The van der Waals surface area contributed by atoms with Gasteiger partial charge in [-0.15, -0.1) is 0 Å². The highest BCUT2D eigenvalue weighted by Gasteiger charge is 2.15. The van der Waals surface area contributed by atoms with E-state index in [1.165, 1.54) is 29.1 Å². The van der Waals surface area contributed by atoms with Crippen molar-refractivity contribution < 1.29 is 8.78 Å². The van der Waals surface area contributed by atoms with E-state index < -0.39 is 11.6 Å². The molecule has 3 aromatic rings. The minimum Gasteiger partial charge on any atom is -0.262 e. The fourth-order valence-corrected chi connectivity index (χ4v) is 2.08. The van der Waals surface area contributed by atoms with E-state index in [4.69, 9.17) is 5.26 Å². The summed E-state index contributed by atoms with van der Waals surface area (Å²) in [4.78, 5) is 3.66. The van der Waals surface area contributed by atoms with Crippen molar-refractivity contribution in [3.05, 3.63) is 59.6 Å². The van der Waals surface area contributed by atoms with Crippen molar-refractivity contribution in [2.24, 2.45) is 0 Å². The maximum Gasteiger partial charge on any atom is 0.170 e. The fourth-order valence-electron chi connectivity index (χ4n) is 2.08. The molecule has 0 fully saturated rings. The second-order valence-corrected chi connectivity index (χ2v) is 4.22. The molecule has 0 bridgehead atoms. The van der Waals surface area contributed by atoms with Gasteiger partial charge in [-0.05, 0) is 18.2 Å². The second-order valence-electron chi connectivity index (χ2n) is 4.22. The Labute approximate surface area is 112 Å². The Hall–Kier alpha value is -2.81. The van der Waals surface area contributed by atoms with E-state index in [1.807, 2.05) is 6.07 Å². The van der Waals surface area contributed by atoms with Gasteiger partial charge in [0.25, 0.3) is 0 Å². The molecule has 2 aromatic heterocycles. The first kappa shape index (κ1) is 12.2. The summed E-state index contributed by atoms with van der Waals surface area (Å²) in [5, 5.41) is 13.5. The number of halogens is 2. The summed E-state index contributed by atoms with van der Waals surface area (Å²) < 4.78 is 28.8. The molecule has 2 heterocycles. The molecule has 6 heteroatoms. The smallest absolute Gasteiger partial charge is 0.170 e. The predicted octanol–water partition coefficient (Wildman–Crippen LogP) is 2.63. The average Bonchev–Trinajstić information content (AvgIpc) is 2.81. The van der Waals surface area contributed by atoms with E-state index in [9.17, 15) is 8.78 Å². The third-order valence-corrected chi connectivity index (χ3v) is 3.00. The number of pyridine rings is 1. The van der Waals surface area contributed by atoms with Crippen LogP contribution in [0.5, 0.6) is 0 Å². The highest BCUT2D eigenvalue weighted by Crippen LogP contribution is 2.22. The van der Waals surface area contributed by atoms with Gasteiger partial charge in [-0.2, -0.15) is 10.4 Å². The van der Waals surface area contributed by atoms with Crippen LogP contribution in [0.25, 0.3) is 10.9 Å². The van der Waals surface area contributed by atoms with Gasteiger partial charge in [-0.1, -0.05) is 6.07 Å². The zero-order valence-electron chi connectivity index (χ0n) is 10.2. The minimum atomic E-state index is -0.494. The molecule has 0 unspecified atom stereocenters. The van der Waals surface area contributed by atoms with Gasteiger partial charge in [0, 0.05) is 17.1 Å². The van der Waals surface area contributed by atoms with Crippen LogP contribution >= 0.6 is 0 Å². The lowest BCUT2D eigenvalue weighted by molar-refractivity contribution is 0.576. The summed E-state index contributed by atoms with van der Waals surface area (Å²) in [6.07, 6.45) is 2.54. The van der Waals surface area contributed by atoms with Crippen LogP contribution in [0.1, 0.15) is 11.3 Å². The highest BCUT2D eigenvalue weighted by molar-refractivity contribution is 5.84. The molecule has 1 aromatic carbocycles. The van der Waals surface area contributed by atoms with Gasteiger partial charge in [0.05, 0.1) is 12.7 Å². The first-order chi connectivity index (χ1) is 9.70. The van der Waals surface area contributed by atoms with E-state index in [0.29, 0.717) is 10.9 Å². The number of rotatable bonds is 2. The van der Waals surface area contributed by atoms with E-state index in [2.05, 4.69) is 10.1 Å². The van der Waals surface area contributed by atoms with Gasteiger partial charge in [0.15, 0.2) is 5.69 Å². The molecule has 0 N–H and O–H groups in total. The third-order valence-electron chi connectivity index (χ3n) is 3.00. The van der Waals surface area contributed by atoms with Crippen LogP contribution in [-0.2, 0) is 6.54 Å². The maximum atomic E-state index is 13.9. The first-order valence-corrected chi connectivity index (χ1v) is 5.84. The van der Waals surface area contributed by atoms with Gasteiger partial charge in [0.2, 0.25) is 0 Å². The molecule has 3 rings (SSSR count). The van der Waals surface area contributed by atoms with E-state index in [1.54, 1.807) is 6.07 Å². The Kier molecular flexibility index (Phi) is 2.88. The van der Waals surface area contributed by atoms with Crippen molar-refractivity contribution in [1.29, 1.82) is 5.26 Å². The molecule has 4 nitrogen and oxygen atoms in total. The number of para-hydroxylation sites is 1. The van der Waals surface area contributed by atoms with E-state index in [0.717, 1.165) is 6.20 Å². The molecule has 0 amide bonds. The molecule has 0 aliphatic heterocycles. The molecule has 98 valence electrons. The monoisotopic (exact) mass is 270 g/mol. The standard InChI is InChI=1S/C14H8F2N4/c15-11-3-1-2-10-13(6-17)19-20(14(10)11)8-9-4-5-18-7-12(9)16/h1-5,7H,8H2. The molecule has 0 saturated heterocycles. The van der Waals surface area contributed by atoms with Crippen LogP contribution in [0.3, 0.4) is 0 Å². The van der Waals surface area contributed by atoms with Crippen molar-refractivity contribution >= 4 is 10.9 Å². The van der Waals surface area contributed by atoms with E-state index in [-0.39, 0.29) is 17.8 Å². The number of benzene rings is 1. The third kappa shape index (κ3) is 1.89. The van der Waals surface area contributed by atoms with Crippen LogP contribution in [0.2, 0.25) is 0 Å². The van der Waals surface area contributed by atoms with Crippen LogP contribution in [-0.4, -0.2) is 14.8 Å². The zero-order chi connectivity index (χ0) is 14.1. The van der Waals surface area contributed by atoms with Crippen molar-refractivity contribution in [2.75, 3.05) is 0 Å². The van der Waals surface area contributed by atoms with Gasteiger partial charge in [-0.25, -0.2) is 8.78 Å². The number of hydrogen-bond acceptors (Lipinski definition) is 3. The molecular weight excluding hydrogens is 262 g/mol. The fraction of sp³-hybridized carbons (Fsp3) is 0.0714.